The van der Waals surface area contributed by atoms with Crippen molar-refractivity contribution in [2.75, 3.05) is 31.7 Å². The van der Waals surface area contributed by atoms with Crippen LogP contribution in [0.4, 0.5) is 5.69 Å². The van der Waals surface area contributed by atoms with Gasteiger partial charge in [-0.15, -0.1) is 0 Å². The summed E-state index contributed by atoms with van der Waals surface area (Å²) in [6.07, 6.45) is 10.9. The molecule has 2 aliphatic heterocycles. The number of nitrogens with two attached hydrogens (primary N) is 1. The largest absolute Gasteiger partial charge is 0.378 e. The van der Waals surface area contributed by atoms with Crippen LogP contribution >= 0.6 is 0 Å². The number of fused-ring (bicyclic) bond motifs is 1. The number of nitrogens with zero attached hydrogens (tertiary/aromatic N) is 2. The first-order valence-corrected chi connectivity index (χ1v) is 13.7. The predicted octanol–water partition coefficient (Wildman–Crippen LogP) is 5.39. The number of aromatic nitrogens is 1. The summed E-state index contributed by atoms with van der Waals surface area (Å²) in [5.74, 6) is 0. The van der Waals surface area contributed by atoms with Crippen LogP contribution < -0.4 is 10.6 Å². The number of anilines is 1. The average Bonchev–Trinajstić information content (AvgIpc) is 3.32. The summed E-state index contributed by atoms with van der Waals surface area (Å²) in [5.41, 5.74) is 11.0. The summed E-state index contributed by atoms with van der Waals surface area (Å²) in [6.45, 7) is 2.68. The summed E-state index contributed by atoms with van der Waals surface area (Å²) in [6, 6.07) is 19.7. The van der Waals surface area contributed by atoms with E-state index in [-0.39, 0.29) is 17.1 Å². The molecule has 2 unspecified atom stereocenters. The van der Waals surface area contributed by atoms with E-state index in [1.807, 2.05) is 12.3 Å². The molecule has 1 saturated carbocycles. The minimum Gasteiger partial charge on any atom is -0.378 e. The van der Waals surface area contributed by atoms with Crippen LogP contribution in [-0.2, 0) is 21.3 Å². The monoisotopic (exact) mass is 485 g/mol. The number of benzene rings is 2. The lowest BCUT2D eigenvalue weighted by molar-refractivity contribution is -0.105. The van der Waals surface area contributed by atoms with E-state index >= 15 is 0 Å². The first-order valence-electron chi connectivity index (χ1n) is 13.7. The summed E-state index contributed by atoms with van der Waals surface area (Å²) < 4.78 is 12.0. The molecule has 190 valence electrons. The standard InChI is InChI=1S/C31H39N3O2/c1-35-25-20-34(21-25)28-12-11-23-8-2-3-9-26(23)27(28)18-24(32)19-30(29-10-4-7-16-33-29)15-17-36-31(22-30)13-5-6-14-31/h2-4,7-12,16,24-25H,5-6,13-15,17-22,32H2,1H3. The number of rotatable bonds is 7. The molecule has 36 heavy (non-hydrogen) atoms. The lowest BCUT2D eigenvalue weighted by Gasteiger charge is -2.47. The van der Waals surface area contributed by atoms with Crippen molar-refractivity contribution in [3.63, 3.8) is 0 Å². The normalized spacial score (nSPS) is 24.8. The molecule has 2 N–H and O–H groups in total. The Hall–Kier alpha value is -2.47. The van der Waals surface area contributed by atoms with Gasteiger partial charge in [-0.25, -0.2) is 0 Å². The van der Waals surface area contributed by atoms with E-state index in [0.29, 0.717) is 6.10 Å². The highest BCUT2D eigenvalue weighted by Gasteiger charge is 2.49. The first kappa shape index (κ1) is 23.9. The van der Waals surface area contributed by atoms with Crippen molar-refractivity contribution >= 4 is 16.5 Å². The fourth-order valence-corrected chi connectivity index (χ4v) is 7.19. The Morgan fingerprint density at radius 1 is 1.06 bits per heavy atom. The van der Waals surface area contributed by atoms with Gasteiger partial charge in [-0.2, -0.15) is 0 Å². The summed E-state index contributed by atoms with van der Waals surface area (Å²) in [7, 11) is 1.81. The molecular weight excluding hydrogens is 446 g/mol. The molecule has 2 aromatic carbocycles. The molecule has 3 aliphatic rings. The van der Waals surface area contributed by atoms with Crippen molar-refractivity contribution in [3.8, 4) is 0 Å². The first-order chi connectivity index (χ1) is 17.6. The topological polar surface area (TPSA) is 60.6 Å². The van der Waals surface area contributed by atoms with Crippen molar-refractivity contribution in [1.82, 2.24) is 4.98 Å². The van der Waals surface area contributed by atoms with Gasteiger partial charge in [-0.1, -0.05) is 49.2 Å². The molecule has 3 heterocycles. The Morgan fingerprint density at radius 2 is 1.86 bits per heavy atom. The molecule has 1 spiro atoms. The SMILES string of the molecule is COC1CN(c2ccc3ccccc3c2CC(N)CC2(c3ccccn3)CCOC3(CCCC3)C2)C1. The molecule has 1 aromatic heterocycles. The molecule has 0 bridgehead atoms. The molecule has 2 saturated heterocycles. The highest BCUT2D eigenvalue weighted by molar-refractivity contribution is 5.90. The number of methoxy groups -OCH3 is 1. The lowest BCUT2D eigenvalue weighted by Crippen LogP contribution is -2.52. The van der Waals surface area contributed by atoms with Gasteiger partial charge in [-0.3, -0.25) is 4.98 Å². The van der Waals surface area contributed by atoms with E-state index in [9.17, 15) is 0 Å². The number of hydrogen-bond acceptors (Lipinski definition) is 5. The van der Waals surface area contributed by atoms with Crippen molar-refractivity contribution < 1.29 is 9.47 Å². The quantitative estimate of drug-likeness (QED) is 0.486. The Labute approximate surface area is 215 Å². The van der Waals surface area contributed by atoms with Gasteiger partial charge in [0.25, 0.3) is 0 Å². The van der Waals surface area contributed by atoms with Crippen LogP contribution in [0, 0.1) is 0 Å². The number of pyridine rings is 1. The minimum atomic E-state index is -0.0358. The molecule has 1 aliphatic carbocycles. The van der Waals surface area contributed by atoms with Crippen molar-refractivity contribution in [2.45, 2.75) is 74.5 Å². The second kappa shape index (κ2) is 9.77. The molecule has 3 fully saturated rings. The van der Waals surface area contributed by atoms with Gasteiger partial charge in [0.1, 0.15) is 0 Å². The smallest absolute Gasteiger partial charge is 0.0920 e. The maximum Gasteiger partial charge on any atom is 0.0920 e. The van der Waals surface area contributed by atoms with E-state index in [2.05, 4.69) is 53.4 Å². The Morgan fingerprint density at radius 3 is 2.64 bits per heavy atom. The van der Waals surface area contributed by atoms with Crippen LogP contribution in [0.1, 0.15) is 56.2 Å². The maximum atomic E-state index is 7.11. The Kier molecular flexibility index (Phi) is 6.49. The van der Waals surface area contributed by atoms with Crippen LogP contribution in [0.25, 0.3) is 10.8 Å². The van der Waals surface area contributed by atoms with E-state index in [4.69, 9.17) is 20.2 Å². The zero-order valence-corrected chi connectivity index (χ0v) is 21.5. The molecule has 3 aromatic rings. The minimum absolute atomic E-state index is 0.00684. The summed E-state index contributed by atoms with van der Waals surface area (Å²) in [5, 5.41) is 2.60. The van der Waals surface area contributed by atoms with Crippen molar-refractivity contribution in [2.24, 2.45) is 5.73 Å². The molecule has 5 heteroatoms. The van der Waals surface area contributed by atoms with Gasteiger partial charge in [0.15, 0.2) is 0 Å². The van der Waals surface area contributed by atoms with Gasteiger partial charge < -0.3 is 20.1 Å². The third-order valence-corrected chi connectivity index (χ3v) is 9.03. The van der Waals surface area contributed by atoms with Gasteiger partial charge in [0, 0.05) is 55.8 Å². The number of hydrogen-bond donors (Lipinski definition) is 1. The molecule has 2 atom stereocenters. The summed E-state index contributed by atoms with van der Waals surface area (Å²) >= 11 is 0. The van der Waals surface area contributed by atoms with E-state index < -0.39 is 0 Å². The van der Waals surface area contributed by atoms with Crippen LogP contribution in [0.3, 0.4) is 0 Å². The third-order valence-electron chi connectivity index (χ3n) is 9.03. The summed E-state index contributed by atoms with van der Waals surface area (Å²) in [4.78, 5) is 7.34. The number of ether oxygens (including phenoxy) is 2. The highest BCUT2D eigenvalue weighted by Crippen LogP contribution is 2.50. The molecule has 0 amide bonds. The van der Waals surface area contributed by atoms with Crippen LogP contribution in [0.5, 0.6) is 0 Å². The van der Waals surface area contributed by atoms with Gasteiger partial charge in [-0.05, 0) is 73.1 Å². The Balaban J connectivity index is 1.32. The average molecular weight is 486 g/mol. The molecule has 0 radical (unpaired) electrons. The van der Waals surface area contributed by atoms with E-state index in [1.165, 1.54) is 53.4 Å². The fourth-order valence-electron chi connectivity index (χ4n) is 7.19. The molecular formula is C31H39N3O2. The van der Waals surface area contributed by atoms with E-state index in [1.54, 1.807) is 7.11 Å². The highest BCUT2D eigenvalue weighted by atomic mass is 16.5. The van der Waals surface area contributed by atoms with Crippen molar-refractivity contribution in [1.29, 1.82) is 0 Å². The van der Waals surface area contributed by atoms with Crippen molar-refractivity contribution in [3.05, 3.63) is 72.1 Å². The van der Waals surface area contributed by atoms with Gasteiger partial charge in [0.2, 0.25) is 0 Å². The van der Waals surface area contributed by atoms with Crippen LogP contribution in [-0.4, -0.2) is 49.5 Å². The third kappa shape index (κ3) is 4.42. The second-order valence-electron chi connectivity index (χ2n) is 11.4. The van der Waals surface area contributed by atoms with Crippen LogP contribution in [0.2, 0.25) is 0 Å². The van der Waals surface area contributed by atoms with Gasteiger partial charge >= 0.3 is 0 Å². The van der Waals surface area contributed by atoms with E-state index in [0.717, 1.165) is 45.4 Å². The maximum absolute atomic E-state index is 7.11. The fraction of sp³-hybridized carbons (Fsp3) is 0.516. The Bertz CT molecular complexity index is 1190. The zero-order chi connectivity index (χ0) is 24.6. The molecule has 6 rings (SSSR count). The van der Waals surface area contributed by atoms with Crippen LogP contribution in [0.15, 0.2) is 60.8 Å². The lowest BCUT2D eigenvalue weighted by atomic mass is 9.66. The predicted molar refractivity (Wildman–Crippen MR) is 146 cm³/mol. The zero-order valence-electron chi connectivity index (χ0n) is 21.5. The molecule has 5 nitrogen and oxygen atoms in total. The van der Waals surface area contributed by atoms with Gasteiger partial charge in [0.05, 0.1) is 11.7 Å². The second-order valence-corrected chi connectivity index (χ2v) is 11.4.